The molecule has 6 heteroatoms. The molecule has 0 saturated carbocycles. The van der Waals surface area contributed by atoms with Gasteiger partial charge < -0.3 is 19.6 Å². The van der Waals surface area contributed by atoms with Crippen molar-refractivity contribution in [1.29, 1.82) is 0 Å². The van der Waals surface area contributed by atoms with Gasteiger partial charge in [-0.05, 0) is 47.9 Å². The number of fused-ring (bicyclic) bond motifs is 1. The van der Waals surface area contributed by atoms with Gasteiger partial charge in [-0.1, -0.05) is 6.92 Å². The third-order valence-corrected chi connectivity index (χ3v) is 4.20. The van der Waals surface area contributed by atoms with E-state index in [1.165, 1.54) is 19.2 Å². The number of carbonyl (C=O) groups is 1. The van der Waals surface area contributed by atoms with Gasteiger partial charge in [0.2, 0.25) is 0 Å². The predicted octanol–water partition coefficient (Wildman–Crippen LogP) is 3.46. The molecule has 6 nitrogen and oxygen atoms in total. The van der Waals surface area contributed by atoms with Crippen molar-refractivity contribution in [3.8, 4) is 5.75 Å². The van der Waals surface area contributed by atoms with Crippen molar-refractivity contribution >= 4 is 22.6 Å². The molecule has 0 atom stereocenters. The minimum absolute atomic E-state index is 0.117. The number of nitrogens with one attached hydrogen (secondary N) is 1. The largest absolute Gasteiger partial charge is 0.508 e. The van der Waals surface area contributed by atoms with Gasteiger partial charge in [0.15, 0.2) is 0 Å². The van der Waals surface area contributed by atoms with Crippen molar-refractivity contribution in [2.75, 3.05) is 12.4 Å². The molecule has 0 aliphatic rings. The molecule has 0 bridgehead atoms. The van der Waals surface area contributed by atoms with Crippen molar-refractivity contribution in [2.24, 2.45) is 0 Å². The SMILES string of the molecule is CCc1cc2c(CNc3ccc(C(=O)OC)cc3)cc(=O)oc2cc1O. The Balaban J connectivity index is 1.88. The smallest absolute Gasteiger partial charge is 0.337 e. The van der Waals surface area contributed by atoms with Crippen LogP contribution in [0.25, 0.3) is 11.0 Å². The van der Waals surface area contributed by atoms with Gasteiger partial charge >= 0.3 is 11.6 Å². The highest BCUT2D eigenvalue weighted by atomic mass is 16.5. The van der Waals surface area contributed by atoms with Gasteiger partial charge in [-0.15, -0.1) is 0 Å². The summed E-state index contributed by atoms with van der Waals surface area (Å²) in [7, 11) is 1.34. The van der Waals surface area contributed by atoms with Gasteiger partial charge in [0, 0.05) is 29.8 Å². The molecule has 0 aliphatic carbocycles. The summed E-state index contributed by atoms with van der Waals surface area (Å²) in [6.45, 7) is 2.34. The molecule has 1 aromatic heterocycles. The first-order valence-corrected chi connectivity index (χ1v) is 8.22. The van der Waals surface area contributed by atoms with E-state index >= 15 is 0 Å². The second-order valence-corrected chi connectivity index (χ2v) is 5.84. The zero-order chi connectivity index (χ0) is 18.7. The lowest BCUT2D eigenvalue weighted by atomic mass is 10.0. The number of rotatable bonds is 5. The average Bonchev–Trinajstić information content (AvgIpc) is 2.65. The number of ether oxygens (including phenoxy) is 1. The fourth-order valence-electron chi connectivity index (χ4n) is 2.78. The number of benzene rings is 2. The molecular weight excluding hydrogens is 334 g/mol. The molecule has 3 aromatic rings. The Morgan fingerprint density at radius 3 is 2.54 bits per heavy atom. The summed E-state index contributed by atoms with van der Waals surface area (Å²) in [6, 6.07) is 11.6. The van der Waals surface area contributed by atoms with Crippen LogP contribution in [-0.2, 0) is 17.7 Å². The molecule has 0 saturated heterocycles. The van der Waals surface area contributed by atoms with Crippen LogP contribution in [0, 0.1) is 0 Å². The highest BCUT2D eigenvalue weighted by Gasteiger charge is 2.10. The molecule has 0 fully saturated rings. The van der Waals surface area contributed by atoms with Gasteiger partial charge in [0.25, 0.3) is 0 Å². The molecule has 3 rings (SSSR count). The molecule has 0 unspecified atom stereocenters. The molecule has 134 valence electrons. The first kappa shape index (κ1) is 17.5. The lowest BCUT2D eigenvalue weighted by Crippen LogP contribution is -2.06. The van der Waals surface area contributed by atoms with Crippen LogP contribution in [0.2, 0.25) is 0 Å². The molecule has 26 heavy (non-hydrogen) atoms. The number of hydrogen-bond donors (Lipinski definition) is 2. The maximum atomic E-state index is 11.8. The van der Waals surface area contributed by atoms with Crippen molar-refractivity contribution in [1.82, 2.24) is 0 Å². The monoisotopic (exact) mass is 353 g/mol. The fraction of sp³-hybridized carbons (Fsp3) is 0.200. The predicted molar refractivity (Wildman–Crippen MR) is 98.6 cm³/mol. The maximum absolute atomic E-state index is 11.8. The number of aromatic hydroxyl groups is 1. The van der Waals surface area contributed by atoms with E-state index in [-0.39, 0.29) is 5.75 Å². The topological polar surface area (TPSA) is 88.8 Å². The zero-order valence-electron chi connectivity index (χ0n) is 14.5. The quantitative estimate of drug-likeness (QED) is 0.539. The van der Waals surface area contributed by atoms with Crippen LogP contribution < -0.4 is 10.9 Å². The van der Waals surface area contributed by atoms with Gasteiger partial charge in [0.1, 0.15) is 11.3 Å². The van der Waals surface area contributed by atoms with E-state index in [9.17, 15) is 14.7 Å². The van der Waals surface area contributed by atoms with E-state index in [2.05, 4.69) is 10.1 Å². The second-order valence-electron chi connectivity index (χ2n) is 5.84. The maximum Gasteiger partial charge on any atom is 0.337 e. The van der Waals surface area contributed by atoms with E-state index in [1.54, 1.807) is 24.3 Å². The molecule has 2 N–H and O–H groups in total. The molecule has 0 radical (unpaired) electrons. The van der Waals surface area contributed by atoms with Gasteiger partial charge in [0.05, 0.1) is 12.7 Å². The van der Waals surface area contributed by atoms with E-state index in [0.717, 1.165) is 22.2 Å². The van der Waals surface area contributed by atoms with E-state index in [1.807, 2.05) is 13.0 Å². The van der Waals surface area contributed by atoms with Crippen LogP contribution in [0.3, 0.4) is 0 Å². The molecule has 1 heterocycles. The second kappa shape index (κ2) is 7.31. The highest BCUT2D eigenvalue weighted by Crippen LogP contribution is 2.27. The third-order valence-electron chi connectivity index (χ3n) is 4.20. The summed E-state index contributed by atoms with van der Waals surface area (Å²) < 4.78 is 9.87. The van der Waals surface area contributed by atoms with Gasteiger partial charge in [-0.25, -0.2) is 9.59 Å². The number of anilines is 1. The van der Waals surface area contributed by atoms with Gasteiger partial charge in [-0.3, -0.25) is 0 Å². The van der Waals surface area contributed by atoms with Crippen LogP contribution in [0.4, 0.5) is 5.69 Å². The molecular formula is C20H19NO5. The third kappa shape index (κ3) is 3.54. The summed E-state index contributed by atoms with van der Waals surface area (Å²) in [5, 5.41) is 14.0. The Labute approximate surface area is 150 Å². The lowest BCUT2D eigenvalue weighted by Gasteiger charge is -2.11. The standard InChI is InChI=1S/C20H19NO5/c1-3-12-8-16-14(9-19(23)26-18(16)10-17(12)22)11-21-15-6-4-13(5-7-15)20(24)25-2/h4-10,21-22H,3,11H2,1-2H3. The van der Waals surface area contributed by atoms with Crippen LogP contribution in [0.1, 0.15) is 28.4 Å². The summed E-state index contributed by atoms with van der Waals surface area (Å²) in [5.41, 5.74) is 2.70. The van der Waals surface area contributed by atoms with Crippen LogP contribution in [-0.4, -0.2) is 18.2 Å². The van der Waals surface area contributed by atoms with Crippen LogP contribution in [0.15, 0.2) is 51.7 Å². The number of methoxy groups -OCH3 is 1. The van der Waals surface area contributed by atoms with E-state index in [4.69, 9.17) is 4.42 Å². The molecule has 0 spiro atoms. The van der Waals surface area contributed by atoms with Crippen molar-refractivity contribution in [2.45, 2.75) is 19.9 Å². The Bertz CT molecular complexity index is 1010. The normalized spacial score (nSPS) is 10.7. The fourth-order valence-corrected chi connectivity index (χ4v) is 2.78. The number of esters is 1. The Morgan fingerprint density at radius 1 is 1.15 bits per heavy atom. The molecule has 0 aliphatic heterocycles. The molecule has 2 aromatic carbocycles. The minimum Gasteiger partial charge on any atom is -0.508 e. The van der Waals surface area contributed by atoms with E-state index < -0.39 is 11.6 Å². The van der Waals surface area contributed by atoms with Crippen molar-refractivity contribution in [3.05, 3.63) is 69.6 Å². The Morgan fingerprint density at radius 2 is 1.88 bits per heavy atom. The Hall–Kier alpha value is -3.28. The average molecular weight is 353 g/mol. The number of hydrogen-bond acceptors (Lipinski definition) is 6. The highest BCUT2D eigenvalue weighted by molar-refractivity contribution is 5.89. The van der Waals surface area contributed by atoms with Crippen LogP contribution >= 0.6 is 0 Å². The summed E-state index contributed by atoms with van der Waals surface area (Å²) in [6.07, 6.45) is 0.669. The number of phenolic OH excluding ortho intramolecular Hbond substituents is 1. The Kier molecular flexibility index (Phi) is 4.93. The van der Waals surface area contributed by atoms with Gasteiger partial charge in [-0.2, -0.15) is 0 Å². The first-order chi connectivity index (χ1) is 12.5. The van der Waals surface area contributed by atoms with Crippen LogP contribution in [0.5, 0.6) is 5.75 Å². The summed E-state index contributed by atoms with van der Waals surface area (Å²) in [5.74, 6) is -0.276. The number of carbonyl (C=O) groups excluding carboxylic acids is 1. The van der Waals surface area contributed by atoms with Crippen molar-refractivity contribution in [3.63, 3.8) is 0 Å². The summed E-state index contributed by atoms with van der Waals surface area (Å²) >= 11 is 0. The zero-order valence-corrected chi connectivity index (χ0v) is 14.5. The molecule has 0 amide bonds. The first-order valence-electron chi connectivity index (χ1n) is 8.22. The van der Waals surface area contributed by atoms with E-state index in [0.29, 0.717) is 24.1 Å². The minimum atomic E-state index is -0.473. The van der Waals surface area contributed by atoms with Crippen molar-refractivity contribution < 1.29 is 19.1 Å². The number of aryl methyl sites for hydroxylation is 1. The summed E-state index contributed by atoms with van der Waals surface area (Å²) in [4.78, 5) is 23.3. The lowest BCUT2D eigenvalue weighted by molar-refractivity contribution is 0.0601. The number of phenols is 1.